The molecule has 0 bridgehead atoms. The van der Waals surface area contributed by atoms with Gasteiger partial charge in [0, 0.05) is 25.6 Å². The Bertz CT molecular complexity index is 202. The van der Waals surface area contributed by atoms with E-state index in [1.807, 2.05) is 11.8 Å². The van der Waals surface area contributed by atoms with E-state index in [-0.39, 0.29) is 11.9 Å². The number of unbranched alkanes of at least 4 members (excludes halogenated alkanes) is 1. The molecule has 88 valence electrons. The van der Waals surface area contributed by atoms with Crippen molar-refractivity contribution in [3.63, 3.8) is 0 Å². The Morgan fingerprint density at radius 1 is 1.47 bits per heavy atom. The summed E-state index contributed by atoms with van der Waals surface area (Å²) in [5.74, 6) is 0.865. The molecule has 0 aliphatic heterocycles. The van der Waals surface area contributed by atoms with Crippen molar-refractivity contribution in [2.75, 3.05) is 13.1 Å². The van der Waals surface area contributed by atoms with Crippen molar-refractivity contribution in [2.45, 2.75) is 52.0 Å². The Labute approximate surface area is 93.0 Å². The number of carbonyl (C=O) groups is 1. The molecule has 0 saturated heterocycles. The van der Waals surface area contributed by atoms with Gasteiger partial charge < -0.3 is 10.6 Å². The van der Waals surface area contributed by atoms with Crippen LogP contribution in [0.15, 0.2) is 0 Å². The van der Waals surface area contributed by atoms with Gasteiger partial charge in [0.15, 0.2) is 0 Å². The summed E-state index contributed by atoms with van der Waals surface area (Å²) >= 11 is 0. The van der Waals surface area contributed by atoms with Crippen molar-refractivity contribution in [3.05, 3.63) is 0 Å². The predicted octanol–water partition coefficient (Wildman–Crippen LogP) is 1.76. The first-order valence-electron chi connectivity index (χ1n) is 6.22. The zero-order valence-electron chi connectivity index (χ0n) is 10.0. The fraction of sp³-hybridized carbons (Fsp3) is 0.917. The highest BCUT2D eigenvalue weighted by atomic mass is 16.2. The van der Waals surface area contributed by atoms with E-state index in [9.17, 15) is 4.79 Å². The van der Waals surface area contributed by atoms with E-state index in [1.54, 1.807) is 0 Å². The van der Waals surface area contributed by atoms with E-state index in [2.05, 4.69) is 6.92 Å². The zero-order chi connectivity index (χ0) is 11.3. The quantitative estimate of drug-likeness (QED) is 0.699. The molecule has 3 heteroatoms. The molecule has 1 fully saturated rings. The van der Waals surface area contributed by atoms with Crippen LogP contribution < -0.4 is 5.73 Å². The van der Waals surface area contributed by atoms with E-state index < -0.39 is 0 Å². The topological polar surface area (TPSA) is 46.3 Å². The minimum absolute atomic E-state index is 0.105. The maximum atomic E-state index is 11.9. The molecule has 1 atom stereocenters. The van der Waals surface area contributed by atoms with E-state index in [0.717, 1.165) is 25.9 Å². The molecule has 0 aromatic carbocycles. The lowest BCUT2D eigenvalue weighted by molar-refractivity contribution is -0.131. The number of hydrogen-bond donors (Lipinski definition) is 1. The Morgan fingerprint density at radius 3 is 2.60 bits per heavy atom. The summed E-state index contributed by atoms with van der Waals surface area (Å²) < 4.78 is 0. The van der Waals surface area contributed by atoms with Gasteiger partial charge in [-0.3, -0.25) is 4.79 Å². The summed E-state index contributed by atoms with van der Waals surface area (Å²) in [6, 6.07) is 0.105. The van der Waals surface area contributed by atoms with Crippen molar-refractivity contribution in [1.82, 2.24) is 4.90 Å². The summed E-state index contributed by atoms with van der Waals surface area (Å²) in [5, 5.41) is 0. The van der Waals surface area contributed by atoms with Gasteiger partial charge in [0.25, 0.3) is 0 Å². The molecule has 2 N–H and O–H groups in total. The lowest BCUT2D eigenvalue weighted by Gasteiger charge is -2.22. The largest absolute Gasteiger partial charge is 0.343 e. The highest BCUT2D eigenvalue weighted by Crippen LogP contribution is 2.32. The Kier molecular flexibility index (Phi) is 5.09. The second kappa shape index (κ2) is 6.11. The third-order valence-corrected chi connectivity index (χ3v) is 3.15. The maximum Gasteiger partial charge on any atom is 0.224 e. The molecule has 15 heavy (non-hydrogen) atoms. The predicted molar refractivity (Wildman–Crippen MR) is 62.5 cm³/mol. The molecule has 0 heterocycles. The summed E-state index contributed by atoms with van der Waals surface area (Å²) in [4.78, 5) is 13.8. The second-order valence-corrected chi connectivity index (χ2v) is 4.53. The molecule has 0 radical (unpaired) electrons. The van der Waals surface area contributed by atoms with Gasteiger partial charge in [-0.2, -0.15) is 0 Å². The average Bonchev–Trinajstić information content (AvgIpc) is 3.02. The van der Waals surface area contributed by atoms with Crippen LogP contribution in [0.4, 0.5) is 0 Å². The Morgan fingerprint density at radius 2 is 2.13 bits per heavy atom. The zero-order valence-corrected chi connectivity index (χ0v) is 10.0. The van der Waals surface area contributed by atoms with Crippen LogP contribution in [0.1, 0.15) is 46.0 Å². The maximum absolute atomic E-state index is 11.9. The molecule has 1 aliphatic rings. The normalized spacial score (nSPS) is 17.5. The highest BCUT2D eigenvalue weighted by Gasteiger charge is 2.30. The van der Waals surface area contributed by atoms with Gasteiger partial charge in [0.05, 0.1) is 0 Å². The monoisotopic (exact) mass is 212 g/mol. The second-order valence-electron chi connectivity index (χ2n) is 4.53. The lowest BCUT2D eigenvalue weighted by atomic mass is 10.1. The molecule has 1 rings (SSSR count). The van der Waals surface area contributed by atoms with E-state index in [0.29, 0.717) is 12.3 Å². The summed E-state index contributed by atoms with van der Waals surface area (Å²) in [6.07, 6.45) is 5.21. The summed E-state index contributed by atoms with van der Waals surface area (Å²) in [7, 11) is 0. The molecule has 0 aromatic heterocycles. The molecule has 1 amide bonds. The molecule has 0 spiro atoms. The van der Waals surface area contributed by atoms with Gasteiger partial charge >= 0.3 is 0 Å². The smallest absolute Gasteiger partial charge is 0.224 e. The minimum Gasteiger partial charge on any atom is -0.343 e. The fourth-order valence-corrected chi connectivity index (χ4v) is 1.83. The Balaban J connectivity index is 2.27. The van der Waals surface area contributed by atoms with E-state index >= 15 is 0 Å². The first kappa shape index (κ1) is 12.5. The number of nitrogens with two attached hydrogens (primary N) is 1. The van der Waals surface area contributed by atoms with Crippen LogP contribution in [0, 0.1) is 5.92 Å². The number of rotatable bonds is 7. The summed E-state index contributed by atoms with van der Waals surface area (Å²) in [6.45, 7) is 5.89. The number of nitrogens with zero attached hydrogens (tertiary/aromatic N) is 1. The third-order valence-electron chi connectivity index (χ3n) is 3.15. The molecule has 1 unspecified atom stereocenters. The van der Waals surface area contributed by atoms with Gasteiger partial charge in [0.2, 0.25) is 5.91 Å². The van der Waals surface area contributed by atoms with E-state index in [1.165, 1.54) is 12.8 Å². The molecule has 1 saturated carbocycles. The minimum atomic E-state index is 0.105. The van der Waals surface area contributed by atoms with Crippen LogP contribution in [-0.4, -0.2) is 29.9 Å². The first-order chi connectivity index (χ1) is 7.19. The van der Waals surface area contributed by atoms with E-state index in [4.69, 9.17) is 5.73 Å². The fourth-order valence-electron chi connectivity index (χ4n) is 1.83. The van der Waals surface area contributed by atoms with Gasteiger partial charge in [-0.15, -0.1) is 0 Å². The molecule has 1 aliphatic carbocycles. The highest BCUT2D eigenvalue weighted by molar-refractivity contribution is 5.76. The van der Waals surface area contributed by atoms with Crippen molar-refractivity contribution in [3.8, 4) is 0 Å². The van der Waals surface area contributed by atoms with Crippen LogP contribution in [0.3, 0.4) is 0 Å². The van der Waals surface area contributed by atoms with Crippen LogP contribution in [0.2, 0.25) is 0 Å². The van der Waals surface area contributed by atoms with Crippen LogP contribution >= 0.6 is 0 Å². The van der Waals surface area contributed by atoms with Gasteiger partial charge in [-0.05, 0) is 32.1 Å². The van der Waals surface area contributed by atoms with Gasteiger partial charge in [-0.1, -0.05) is 13.3 Å². The standard InChI is InChI=1S/C12H24N2O/c1-3-5-8-14(4-2)12(15)9-11(13)10-6-7-10/h10-11H,3-9,13H2,1-2H3. The number of amides is 1. The molecular weight excluding hydrogens is 188 g/mol. The van der Waals surface area contributed by atoms with Gasteiger partial charge in [0.1, 0.15) is 0 Å². The number of hydrogen-bond acceptors (Lipinski definition) is 2. The molecule has 0 aromatic rings. The number of carbonyl (C=O) groups excluding carboxylic acids is 1. The third kappa shape index (κ3) is 4.20. The molecular formula is C12H24N2O. The van der Waals surface area contributed by atoms with Crippen LogP contribution in [0.5, 0.6) is 0 Å². The van der Waals surface area contributed by atoms with Crippen molar-refractivity contribution < 1.29 is 4.79 Å². The summed E-state index contributed by atoms with van der Waals surface area (Å²) in [5.41, 5.74) is 5.95. The SMILES string of the molecule is CCCCN(CC)C(=O)CC(N)C1CC1. The van der Waals surface area contributed by atoms with Crippen LogP contribution in [0.25, 0.3) is 0 Å². The Hall–Kier alpha value is -0.570. The van der Waals surface area contributed by atoms with Crippen molar-refractivity contribution in [1.29, 1.82) is 0 Å². The lowest BCUT2D eigenvalue weighted by Crippen LogP contribution is -2.37. The first-order valence-corrected chi connectivity index (χ1v) is 6.22. The van der Waals surface area contributed by atoms with Crippen LogP contribution in [-0.2, 0) is 4.79 Å². The molecule has 3 nitrogen and oxygen atoms in total. The average molecular weight is 212 g/mol. The van der Waals surface area contributed by atoms with Gasteiger partial charge in [-0.25, -0.2) is 0 Å². The van der Waals surface area contributed by atoms with Crippen molar-refractivity contribution >= 4 is 5.91 Å². The van der Waals surface area contributed by atoms with Crippen molar-refractivity contribution in [2.24, 2.45) is 11.7 Å².